The molecule has 0 bridgehead atoms. The third-order valence-electron chi connectivity index (χ3n) is 4.23. The van der Waals surface area contributed by atoms with Gasteiger partial charge in [-0.15, -0.1) is 0 Å². The summed E-state index contributed by atoms with van der Waals surface area (Å²) in [4.78, 5) is 16.8. The predicted molar refractivity (Wildman–Crippen MR) is 87.3 cm³/mol. The largest absolute Gasteiger partial charge is 0.328 e. The van der Waals surface area contributed by atoms with Crippen LogP contribution in [-0.4, -0.2) is 42.5 Å². The lowest BCUT2D eigenvalue weighted by Crippen LogP contribution is -2.43. The molecule has 1 aromatic rings. The second kappa shape index (κ2) is 7.05. The summed E-state index contributed by atoms with van der Waals surface area (Å²) in [5.41, 5.74) is 6.94. The molecule has 1 fully saturated rings. The zero-order valence-corrected chi connectivity index (χ0v) is 13.3. The summed E-state index contributed by atoms with van der Waals surface area (Å²) < 4.78 is 0. The number of carbonyl (C=O) groups is 1. The van der Waals surface area contributed by atoms with Gasteiger partial charge >= 0.3 is 0 Å². The second-order valence-electron chi connectivity index (χ2n) is 6.34. The molecule has 1 aromatic carbocycles. The number of hydrogen-bond donors (Lipinski definition) is 1. The molecule has 1 heterocycles. The Morgan fingerprint density at radius 3 is 2.52 bits per heavy atom. The molecule has 21 heavy (non-hydrogen) atoms. The molecule has 0 aromatic heterocycles. The minimum atomic E-state index is 0.159. The number of nitrogens with two attached hydrogens (primary N) is 1. The smallest absolute Gasteiger partial charge is 0.241 e. The Labute approximate surface area is 127 Å². The van der Waals surface area contributed by atoms with Crippen LogP contribution in [0.4, 0.5) is 5.69 Å². The number of likely N-dealkylation sites (tertiary alicyclic amines) is 1. The van der Waals surface area contributed by atoms with Crippen LogP contribution in [0.3, 0.4) is 0 Å². The standard InChI is InChI=1S/C17H27N3O/c1-13(2)20(16-7-5-4-6-8-16)17(21)12-19-10-9-15(11-19)14(3)18/h4-8,13-15H,9-12,18H2,1-3H3. The molecule has 0 radical (unpaired) electrons. The normalized spacial score (nSPS) is 20.7. The molecule has 2 N–H and O–H groups in total. The number of rotatable bonds is 5. The van der Waals surface area contributed by atoms with Crippen LogP contribution in [0.2, 0.25) is 0 Å². The first-order valence-electron chi connectivity index (χ1n) is 7.84. The van der Waals surface area contributed by atoms with Crippen molar-refractivity contribution in [3.8, 4) is 0 Å². The monoisotopic (exact) mass is 289 g/mol. The lowest BCUT2D eigenvalue weighted by atomic mass is 10.0. The Morgan fingerprint density at radius 1 is 1.33 bits per heavy atom. The maximum absolute atomic E-state index is 12.7. The molecule has 4 nitrogen and oxygen atoms in total. The van der Waals surface area contributed by atoms with Crippen LogP contribution in [0.1, 0.15) is 27.2 Å². The number of carbonyl (C=O) groups excluding carboxylic acids is 1. The van der Waals surface area contributed by atoms with Gasteiger partial charge in [-0.25, -0.2) is 0 Å². The van der Waals surface area contributed by atoms with Gasteiger partial charge in [-0.3, -0.25) is 9.69 Å². The fraction of sp³-hybridized carbons (Fsp3) is 0.588. The number of amides is 1. The van der Waals surface area contributed by atoms with Crippen molar-refractivity contribution < 1.29 is 4.79 Å². The first-order chi connectivity index (χ1) is 9.99. The molecule has 1 aliphatic rings. The van der Waals surface area contributed by atoms with E-state index < -0.39 is 0 Å². The van der Waals surface area contributed by atoms with E-state index in [1.54, 1.807) is 0 Å². The van der Waals surface area contributed by atoms with Crippen LogP contribution >= 0.6 is 0 Å². The second-order valence-corrected chi connectivity index (χ2v) is 6.34. The Kier molecular flexibility index (Phi) is 5.37. The summed E-state index contributed by atoms with van der Waals surface area (Å²) in [6.07, 6.45) is 1.10. The van der Waals surface area contributed by atoms with Crippen molar-refractivity contribution in [3.63, 3.8) is 0 Å². The highest BCUT2D eigenvalue weighted by molar-refractivity contribution is 5.95. The molecule has 1 saturated heterocycles. The summed E-state index contributed by atoms with van der Waals surface area (Å²) in [5, 5.41) is 0. The first-order valence-corrected chi connectivity index (χ1v) is 7.84. The van der Waals surface area contributed by atoms with Gasteiger partial charge in [-0.2, -0.15) is 0 Å². The van der Waals surface area contributed by atoms with Crippen LogP contribution in [0.15, 0.2) is 30.3 Å². The van der Waals surface area contributed by atoms with Gasteiger partial charge in [0.1, 0.15) is 0 Å². The predicted octanol–water partition coefficient (Wildman–Crippen LogP) is 2.10. The van der Waals surface area contributed by atoms with Crippen molar-refractivity contribution in [1.82, 2.24) is 4.90 Å². The fourth-order valence-electron chi connectivity index (χ4n) is 3.02. The van der Waals surface area contributed by atoms with Crippen molar-refractivity contribution in [1.29, 1.82) is 0 Å². The summed E-state index contributed by atoms with van der Waals surface area (Å²) >= 11 is 0. The number of para-hydroxylation sites is 1. The van der Waals surface area contributed by atoms with E-state index in [1.807, 2.05) is 35.2 Å². The number of anilines is 1. The van der Waals surface area contributed by atoms with E-state index in [1.165, 1.54) is 0 Å². The van der Waals surface area contributed by atoms with E-state index in [-0.39, 0.29) is 18.0 Å². The van der Waals surface area contributed by atoms with Gasteiger partial charge < -0.3 is 10.6 Å². The lowest BCUT2D eigenvalue weighted by molar-refractivity contribution is -0.119. The van der Waals surface area contributed by atoms with Gasteiger partial charge in [-0.05, 0) is 51.8 Å². The van der Waals surface area contributed by atoms with Crippen molar-refractivity contribution in [2.45, 2.75) is 39.3 Å². The zero-order chi connectivity index (χ0) is 15.4. The van der Waals surface area contributed by atoms with E-state index in [0.29, 0.717) is 12.5 Å². The van der Waals surface area contributed by atoms with E-state index in [0.717, 1.165) is 25.2 Å². The highest BCUT2D eigenvalue weighted by Gasteiger charge is 2.28. The Bertz CT molecular complexity index is 458. The van der Waals surface area contributed by atoms with Crippen molar-refractivity contribution in [3.05, 3.63) is 30.3 Å². The zero-order valence-electron chi connectivity index (χ0n) is 13.3. The minimum absolute atomic E-state index is 0.159. The molecule has 2 unspecified atom stereocenters. The average Bonchev–Trinajstić information content (AvgIpc) is 2.88. The van der Waals surface area contributed by atoms with Gasteiger partial charge in [0.15, 0.2) is 0 Å². The highest BCUT2D eigenvalue weighted by Crippen LogP contribution is 2.21. The topological polar surface area (TPSA) is 49.6 Å². The highest BCUT2D eigenvalue weighted by atomic mass is 16.2. The number of hydrogen-bond acceptors (Lipinski definition) is 3. The van der Waals surface area contributed by atoms with E-state index in [2.05, 4.69) is 25.7 Å². The van der Waals surface area contributed by atoms with Crippen LogP contribution in [0, 0.1) is 5.92 Å². The molecular formula is C17H27N3O. The van der Waals surface area contributed by atoms with Gasteiger partial charge in [-0.1, -0.05) is 18.2 Å². The number of nitrogens with zero attached hydrogens (tertiary/aromatic N) is 2. The molecule has 0 spiro atoms. The van der Waals surface area contributed by atoms with E-state index >= 15 is 0 Å². The molecule has 2 atom stereocenters. The summed E-state index contributed by atoms with van der Waals surface area (Å²) in [6.45, 7) is 8.55. The summed E-state index contributed by atoms with van der Waals surface area (Å²) in [7, 11) is 0. The summed E-state index contributed by atoms with van der Waals surface area (Å²) in [5.74, 6) is 0.684. The third-order valence-corrected chi connectivity index (χ3v) is 4.23. The lowest BCUT2D eigenvalue weighted by Gasteiger charge is -2.29. The maximum Gasteiger partial charge on any atom is 0.241 e. The van der Waals surface area contributed by atoms with Crippen molar-refractivity contribution in [2.75, 3.05) is 24.5 Å². The average molecular weight is 289 g/mol. The van der Waals surface area contributed by atoms with Crippen LogP contribution in [0.25, 0.3) is 0 Å². The van der Waals surface area contributed by atoms with Gasteiger partial charge in [0.2, 0.25) is 5.91 Å². The molecule has 1 amide bonds. The quantitative estimate of drug-likeness (QED) is 0.903. The minimum Gasteiger partial charge on any atom is -0.328 e. The third kappa shape index (κ3) is 4.05. The molecule has 2 rings (SSSR count). The molecule has 1 aliphatic heterocycles. The van der Waals surface area contributed by atoms with Gasteiger partial charge in [0.05, 0.1) is 6.54 Å². The summed E-state index contributed by atoms with van der Waals surface area (Å²) in [6, 6.07) is 10.3. The molecule has 4 heteroatoms. The Morgan fingerprint density at radius 2 is 2.00 bits per heavy atom. The van der Waals surface area contributed by atoms with Crippen molar-refractivity contribution >= 4 is 11.6 Å². The van der Waals surface area contributed by atoms with Crippen LogP contribution in [-0.2, 0) is 4.79 Å². The van der Waals surface area contributed by atoms with Crippen LogP contribution < -0.4 is 10.6 Å². The molecule has 0 aliphatic carbocycles. The molecular weight excluding hydrogens is 262 g/mol. The SMILES string of the molecule is CC(N)C1CCN(CC(=O)N(c2ccccc2)C(C)C)C1. The van der Waals surface area contributed by atoms with E-state index in [9.17, 15) is 4.79 Å². The van der Waals surface area contributed by atoms with E-state index in [4.69, 9.17) is 5.73 Å². The Hall–Kier alpha value is -1.39. The Balaban J connectivity index is 2.01. The van der Waals surface area contributed by atoms with Crippen molar-refractivity contribution in [2.24, 2.45) is 11.7 Å². The fourth-order valence-corrected chi connectivity index (χ4v) is 3.02. The first kappa shape index (κ1) is 16.0. The van der Waals surface area contributed by atoms with Gasteiger partial charge in [0.25, 0.3) is 0 Å². The molecule has 116 valence electrons. The van der Waals surface area contributed by atoms with Crippen LogP contribution in [0.5, 0.6) is 0 Å². The maximum atomic E-state index is 12.7. The number of benzene rings is 1. The van der Waals surface area contributed by atoms with Gasteiger partial charge in [0, 0.05) is 24.3 Å². The molecule has 0 saturated carbocycles.